The van der Waals surface area contributed by atoms with Gasteiger partial charge in [-0.3, -0.25) is 4.90 Å². The van der Waals surface area contributed by atoms with E-state index in [1.54, 1.807) is 0 Å². The van der Waals surface area contributed by atoms with Crippen LogP contribution >= 0.6 is 0 Å². The zero-order valence-corrected chi connectivity index (χ0v) is 5.94. The zero-order chi connectivity index (χ0) is 6.69. The third-order valence-corrected chi connectivity index (χ3v) is 2.06. The molecule has 0 bridgehead atoms. The lowest BCUT2D eigenvalue weighted by Crippen LogP contribution is -2.28. The van der Waals surface area contributed by atoms with Crippen LogP contribution < -0.4 is 0 Å². The van der Waals surface area contributed by atoms with Gasteiger partial charge in [0.2, 0.25) is 0 Å². The molecule has 0 amide bonds. The summed E-state index contributed by atoms with van der Waals surface area (Å²) in [7, 11) is 0. The van der Waals surface area contributed by atoms with E-state index in [1.807, 2.05) is 0 Å². The fourth-order valence-corrected chi connectivity index (χ4v) is 1.43. The van der Waals surface area contributed by atoms with Crippen LogP contribution in [0.25, 0.3) is 0 Å². The summed E-state index contributed by atoms with van der Waals surface area (Å²) in [6, 6.07) is 0.626. The Morgan fingerprint density at radius 3 is 2.89 bits per heavy atom. The van der Waals surface area contributed by atoms with Gasteiger partial charge in [0.05, 0.1) is 0 Å². The van der Waals surface area contributed by atoms with Gasteiger partial charge in [-0.15, -0.1) is 0 Å². The van der Waals surface area contributed by atoms with Crippen molar-refractivity contribution in [1.82, 2.24) is 4.90 Å². The van der Waals surface area contributed by atoms with E-state index in [4.69, 9.17) is 0 Å². The molecule has 1 aliphatic heterocycles. The highest BCUT2D eigenvalue weighted by Crippen LogP contribution is 2.14. The second-order valence-electron chi connectivity index (χ2n) is 2.72. The van der Waals surface area contributed by atoms with Crippen molar-refractivity contribution in [2.24, 2.45) is 0 Å². The van der Waals surface area contributed by atoms with Crippen LogP contribution in [0.1, 0.15) is 19.8 Å². The maximum absolute atomic E-state index is 11.8. The van der Waals surface area contributed by atoms with Gasteiger partial charge in [-0.25, -0.2) is 4.39 Å². The Morgan fingerprint density at radius 2 is 2.44 bits per heavy atom. The van der Waals surface area contributed by atoms with E-state index in [2.05, 4.69) is 11.8 Å². The highest BCUT2D eigenvalue weighted by Gasteiger charge is 2.18. The zero-order valence-electron chi connectivity index (χ0n) is 5.94. The summed E-state index contributed by atoms with van der Waals surface area (Å²) in [5, 5.41) is 0. The number of likely N-dealkylation sites (tertiary alicyclic amines) is 1. The average molecular weight is 131 g/mol. The maximum Gasteiger partial charge on any atom is 0.102 e. The normalized spacial score (nSPS) is 29.3. The smallest absolute Gasteiger partial charge is 0.102 e. The van der Waals surface area contributed by atoms with Gasteiger partial charge in [-0.1, -0.05) is 0 Å². The van der Waals surface area contributed by atoms with Gasteiger partial charge in [0.1, 0.15) is 6.67 Å². The van der Waals surface area contributed by atoms with Crippen LogP contribution in [0.2, 0.25) is 0 Å². The average Bonchev–Trinajstić information content (AvgIpc) is 2.18. The molecule has 0 aromatic rings. The molecule has 1 unspecified atom stereocenters. The quantitative estimate of drug-likeness (QED) is 0.548. The molecular weight excluding hydrogens is 117 g/mol. The molecule has 1 nitrogen and oxygen atoms in total. The molecule has 0 aromatic carbocycles. The molecule has 0 aliphatic carbocycles. The molecule has 1 rings (SSSR count). The minimum Gasteiger partial charge on any atom is -0.298 e. The van der Waals surface area contributed by atoms with E-state index in [0.29, 0.717) is 12.6 Å². The molecular formula is C7H14FN. The number of halogens is 1. The van der Waals surface area contributed by atoms with Crippen molar-refractivity contribution in [2.75, 3.05) is 19.8 Å². The van der Waals surface area contributed by atoms with Gasteiger partial charge in [0.15, 0.2) is 0 Å². The first-order valence-electron chi connectivity index (χ1n) is 3.64. The second-order valence-corrected chi connectivity index (χ2v) is 2.72. The molecule has 1 atom stereocenters. The third kappa shape index (κ3) is 1.65. The Balaban J connectivity index is 2.22. The molecule has 0 aromatic heterocycles. The summed E-state index contributed by atoms with van der Waals surface area (Å²) in [5.41, 5.74) is 0. The van der Waals surface area contributed by atoms with E-state index in [9.17, 15) is 4.39 Å². The molecule has 1 heterocycles. The maximum atomic E-state index is 11.8. The lowest BCUT2D eigenvalue weighted by Gasteiger charge is -2.18. The van der Waals surface area contributed by atoms with Gasteiger partial charge < -0.3 is 0 Å². The minimum absolute atomic E-state index is 0.190. The number of hydrogen-bond acceptors (Lipinski definition) is 1. The Labute approximate surface area is 55.8 Å². The van der Waals surface area contributed by atoms with Crippen LogP contribution in [0.3, 0.4) is 0 Å². The van der Waals surface area contributed by atoms with Crippen LogP contribution in [0.15, 0.2) is 0 Å². The van der Waals surface area contributed by atoms with E-state index in [-0.39, 0.29) is 6.67 Å². The Hall–Kier alpha value is -0.110. The van der Waals surface area contributed by atoms with Gasteiger partial charge in [-0.05, 0) is 26.3 Å². The number of rotatable bonds is 2. The van der Waals surface area contributed by atoms with Crippen LogP contribution in [-0.2, 0) is 0 Å². The molecule has 0 saturated carbocycles. The van der Waals surface area contributed by atoms with Gasteiger partial charge in [0.25, 0.3) is 0 Å². The van der Waals surface area contributed by atoms with Crippen LogP contribution in [0.5, 0.6) is 0 Å². The number of alkyl halides is 1. The topological polar surface area (TPSA) is 3.24 Å². The molecule has 1 fully saturated rings. The van der Waals surface area contributed by atoms with Crippen molar-refractivity contribution in [3.8, 4) is 0 Å². The highest BCUT2D eigenvalue weighted by atomic mass is 19.1. The number of nitrogens with zero attached hydrogens (tertiary/aromatic N) is 1. The van der Waals surface area contributed by atoms with Crippen molar-refractivity contribution in [1.29, 1.82) is 0 Å². The predicted molar refractivity (Wildman–Crippen MR) is 36.2 cm³/mol. The van der Waals surface area contributed by atoms with Crippen LogP contribution in [-0.4, -0.2) is 30.7 Å². The summed E-state index contributed by atoms with van der Waals surface area (Å²) in [6.07, 6.45) is 2.50. The van der Waals surface area contributed by atoms with Crippen molar-refractivity contribution in [2.45, 2.75) is 25.8 Å². The first kappa shape index (κ1) is 7.00. The standard InChI is InChI=1S/C7H14FN/c1-7-3-2-5-9(7)6-4-8/h7H,2-6H2,1H3. The lowest BCUT2D eigenvalue weighted by molar-refractivity contribution is 0.243. The molecule has 0 N–H and O–H groups in total. The summed E-state index contributed by atoms with van der Waals surface area (Å²) in [5.74, 6) is 0. The molecule has 0 radical (unpaired) electrons. The van der Waals surface area contributed by atoms with E-state index < -0.39 is 0 Å². The first-order chi connectivity index (χ1) is 4.34. The van der Waals surface area contributed by atoms with Crippen molar-refractivity contribution < 1.29 is 4.39 Å². The van der Waals surface area contributed by atoms with Gasteiger partial charge in [-0.2, -0.15) is 0 Å². The van der Waals surface area contributed by atoms with E-state index in [1.165, 1.54) is 12.8 Å². The first-order valence-corrected chi connectivity index (χ1v) is 3.64. The SMILES string of the molecule is CC1CCCN1CCF. The summed E-state index contributed by atoms with van der Waals surface area (Å²) < 4.78 is 11.8. The summed E-state index contributed by atoms with van der Waals surface area (Å²) in [6.45, 7) is 3.72. The third-order valence-electron chi connectivity index (χ3n) is 2.06. The van der Waals surface area contributed by atoms with Crippen LogP contribution in [0.4, 0.5) is 4.39 Å². The summed E-state index contributed by atoms with van der Waals surface area (Å²) >= 11 is 0. The van der Waals surface area contributed by atoms with E-state index >= 15 is 0 Å². The molecule has 1 saturated heterocycles. The summed E-state index contributed by atoms with van der Waals surface area (Å²) in [4.78, 5) is 2.21. The monoisotopic (exact) mass is 131 g/mol. The van der Waals surface area contributed by atoms with Gasteiger partial charge >= 0.3 is 0 Å². The predicted octanol–water partition coefficient (Wildman–Crippen LogP) is 1.44. The van der Waals surface area contributed by atoms with Crippen molar-refractivity contribution in [3.63, 3.8) is 0 Å². The molecule has 2 heteroatoms. The largest absolute Gasteiger partial charge is 0.298 e. The molecule has 54 valence electrons. The van der Waals surface area contributed by atoms with Crippen molar-refractivity contribution >= 4 is 0 Å². The van der Waals surface area contributed by atoms with Gasteiger partial charge in [0, 0.05) is 12.6 Å². The van der Waals surface area contributed by atoms with Crippen LogP contribution in [0, 0.1) is 0 Å². The highest BCUT2D eigenvalue weighted by molar-refractivity contribution is 4.74. The fourth-order valence-electron chi connectivity index (χ4n) is 1.43. The Kier molecular flexibility index (Phi) is 2.46. The van der Waals surface area contributed by atoms with E-state index in [0.717, 1.165) is 6.54 Å². The van der Waals surface area contributed by atoms with Crippen molar-refractivity contribution in [3.05, 3.63) is 0 Å². The molecule has 1 aliphatic rings. The number of hydrogen-bond donors (Lipinski definition) is 0. The molecule has 0 spiro atoms. The Bertz CT molecular complexity index is 85.0. The Morgan fingerprint density at radius 1 is 1.67 bits per heavy atom. The lowest BCUT2D eigenvalue weighted by atomic mass is 10.2. The second kappa shape index (κ2) is 3.16. The molecule has 9 heavy (non-hydrogen) atoms. The minimum atomic E-state index is -0.190. The fraction of sp³-hybridized carbons (Fsp3) is 1.00.